The Balaban J connectivity index is 3.10. The van der Waals surface area contributed by atoms with Gasteiger partial charge in [-0.3, -0.25) is 0 Å². The summed E-state index contributed by atoms with van der Waals surface area (Å²) in [5, 5.41) is 21.2. The maximum Gasteiger partial charge on any atom is 0.418 e. The summed E-state index contributed by atoms with van der Waals surface area (Å²) in [6, 6.07) is 3.38. The Morgan fingerprint density at radius 1 is 1.21 bits per heavy atom. The third-order valence-electron chi connectivity index (χ3n) is 3.05. The first-order valence-electron chi connectivity index (χ1n) is 5.74. The van der Waals surface area contributed by atoms with E-state index in [1.807, 2.05) is 0 Å². The summed E-state index contributed by atoms with van der Waals surface area (Å²) in [4.78, 5) is 0. The second-order valence-electron chi connectivity index (χ2n) is 4.37. The van der Waals surface area contributed by atoms with Crippen molar-refractivity contribution in [3.05, 3.63) is 23.8 Å². The van der Waals surface area contributed by atoms with Crippen molar-refractivity contribution in [3.8, 4) is 0 Å². The third kappa shape index (κ3) is 3.51. The maximum atomic E-state index is 12.7. The van der Waals surface area contributed by atoms with Gasteiger partial charge in [-0.25, -0.2) is 0 Å². The van der Waals surface area contributed by atoms with Crippen LogP contribution in [0, 0.1) is 0 Å². The Morgan fingerprint density at radius 3 is 2.21 bits per heavy atom. The Labute approximate surface area is 109 Å². The summed E-state index contributed by atoms with van der Waals surface area (Å²) >= 11 is 0. The zero-order chi connectivity index (χ0) is 14.7. The third-order valence-corrected chi connectivity index (χ3v) is 3.05. The number of alkyl halides is 3. The number of aliphatic hydroxyl groups is 2. The highest BCUT2D eigenvalue weighted by Crippen LogP contribution is 2.35. The van der Waals surface area contributed by atoms with Crippen LogP contribution in [-0.4, -0.2) is 29.0 Å². The molecule has 0 unspecified atom stereocenters. The van der Waals surface area contributed by atoms with Crippen LogP contribution in [0.1, 0.15) is 18.9 Å². The molecule has 19 heavy (non-hydrogen) atoms. The normalized spacial score (nSPS) is 12.5. The molecule has 0 bridgehead atoms. The molecule has 0 atom stereocenters. The lowest BCUT2D eigenvalue weighted by atomic mass is 9.97. The van der Waals surface area contributed by atoms with Crippen LogP contribution in [0.3, 0.4) is 0 Å². The van der Waals surface area contributed by atoms with Crippen molar-refractivity contribution in [2.24, 2.45) is 0 Å². The van der Waals surface area contributed by atoms with Gasteiger partial charge in [-0.05, 0) is 24.6 Å². The zero-order valence-corrected chi connectivity index (χ0v) is 10.5. The van der Waals surface area contributed by atoms with Gasteiger partial charge in [0.05, 0.1) is 24.3 Å². The Hall–Kier alpha value is -1.47. The topological polar surface area (TPSA) is 78.5 Å². The van der Waals surface area contributed by atoms with Gasteiger partial charge in [-0.2, -0.15) is 13.2 Å². The average Bonchev–Trinajstić information content (AvgIpc) is 2.37. The van der Waals surface area contributed by atoms with E-state index in [1.165, 1.54) is 6.07 Å². The highest BCUT2D eigenvalue weighted by molar-refractivity contribution is 5.59. The van der Waals surface area contributed by atoms with Crippen molar-refractivity contribution in [2.75, 3.05) is 24.3 Å². The predicted octanol–water partition coefficient (Wildman–Crippen LogP) is 1.83. The number of benzene rings is 1. The van der Waals surface area contributed by atoms with Crippen molar-refractivity contribution in [1.82, 2.24) is 0 Å². The van der Waals surface area contributed by atoms with E-state index in [4.69, 9.17) is 5.73 Å². The van der Waals surface area contributed by atoms with Gasteiger partial charge in [0.25, 0.3) is 0 Å². The summed E-state index contributed by atoms with van der Waals surface area (Å²) in [5.41, 5.74) is 3.07. The van der Waals surface area contributed by atoms with Crippen LogP contribution in [-0.2, 0) is 6.18 Å². The summed E-state index contributed by atoms with van der Waals surface area (Å²) < 4.78 is 38.1. The molecule has 1 rings (SSSR count). The molecular weight excluding hydrogens is 261 g/mol. The molecule has 4 nitrogen and oxygen atoms in total. The number of hydrogen-bond acceptors (Lipinski definition) is 4. The minimum absolute atomic E-state index is 0.145. The van der Waals surface area contributed by atoms with Crippen LogP contribution in [0.2, 0.25) is 0 Å². The summed E-state index contributed by atoms with van der Waals surface area (Å²) in [6.07, 6.45) is -4.19. The molecule has 0 aliphatic rings. The highest BCUT2D eigenvalue weighted by atomic mass is 19.4. The maximum absolute atomic E-state index is 12.7. The number of anilines is 2. The first kappa shape index (κ1) is 15.6. The van der Waals surface area contributed by atoms with Gasteiger partial charge in [0.15, 0.2) is 0 Å². The number of rotatable bonds is 5. The van der Waals surface area contributed by atoms with Gasteiger partial charge in [0.1, 0.15) is 0 Å². The summed E-state index contributed by atoms with van der Waals surface area (Å²) in [7, 11) is 0. The largest absolute Gasteiger partial charge is 0.418 e. The highest BCUT2D eigenvalue weighted by Gasteiger charge is 2.34. The molecule has 0 amide bonds. The molecule has 0 saturated carbocycles. The standard InChI is InChI=1S/C12H17F3N2O2/c1-2-11(6-18,7-19)17-8-3-4-10(16)9(5-8)12(13,14)15/h3-5,17-19H,2,6-7,16H2,1H3. The molecule has 0 heterocycles. The van der Waals surface area contributed by atoms with Crippen molar-refractivity contribution < 1.29 is 23.4 Å². The number of nitrogen functional groups attached to an aromatic ring is 1. The molecule has 0 radical (unpaired) electrons. The smallest absolute Gasteiger partial charge is 0.398 e. The van der Waals surface area contributed by atoms with E-state index in [9.17, 15) is 23.4 Å². The molecule has 0 aliphatic carbocycles. The van der Waals surface area contributed by atoms with Crippen molar-refractivity contribution in [2.45, 2.75) is 25.1 Å². The lowest BCUT2D eigenvalue weighted by molar-refractivity contribution is -0.136. The van der Waals surface area contributed by atoms with Gasteiger partial charge in [-0.15, -0.1) is 0 Å². The molecule has 0 aromatic heterocycles. The summed E-state index contributed by atoms with van der Waals surface area (Å²) in [5.74, 6) is 0. The van der Waals surface area contributed by atoms with Gasteiger partial charge in [0, 0.05) is 11.4 Å². The molecule has 7 heteroatoms. The monoisotopic (exact) mass is 278 g/mol. The zero-order valence-electron chi connectivity index (χ0n) is 10.5. The summed E-state index contributed by atoms with van der Waals surface area (Å²) in [6.45, 7) is 0.916. The molecule has 0 spiro atoms. The van der Waals surface area contributed by atoms with Crippen LogP contribution in [0.5, 0.6) is 0 Å². The van der Waals surface area contributed by atoms with E-state index >= 15 is 0 Å². The van der Waals surface area contributed by atoms with Gasteiger partial charge in [0.2, 0.25) is 0 Å². The van der Waals surface area contributed by atoms with E-state index in [-0.39, 0.29) is 11.4 Å². The minimum Gasteiger partial charge on any atom is -0.398 e. The van der Waals surface area contributed by atoms with Gasteiger partial charge >= 0.3 is 6.18 Å². The number of halogens is 3. The quantitative estimate of drug-likeness (QED) is 0.620. The van der Waals surface area contributed by atoms with Crippen molar-refractivity contribution in [1.29, 1.82) is 0 Å². The van der Waals surface area contributed by atoms with Crippen LogP contribution < -0.4 is 11.1 Å². The Bertz CT molecular complexity index is 423. The number of nitrogens with two attached hydrogens (primary N) is 1. The van der Waals surface area contributed by atoms with E-state index in [1.54, 1.807) is 6.92 Å². The van der Waals surface area contributed by atoms with E-state index in [0.29, 0.717) is 6.42 Å². The van der Waals surface area contributed by atoms with Crippen LogP contribution in [0.25, 0.3) is 0 Å². The molecule has 0 fully saturated rings. The van der Waals surface area contributed by atoms with Gasteiger partial charge in [-0.1, -0.05) is 6.92 Å². The van der Waals surface area contributed by atoms with E-state index in [2.05, 4.69) is 5.32 Å². The number of aliphatic hydroxyl groups excluding tert-OH is 2. The Morgan fingerprint density at radius 2 is 1.79 bits per heavy atom. The fourth-order valence-corrected chi connectivity index (χ4v) is 1.63. The molecule has 5 N–H and O–H groups in total. The number of hydrogen-bond donors (Lipinski definition) is 4. The molecule has 1 aromatic carbocycles. The molecule has 0 aliphatic heterocycles. The van der Waals surface area contributed by atoms with Gasteiger partial charge < -0.3 is 21.3 Å². The Kier molecular flexibility index (Phi) is 4.65. The second-order valence-corrected chi connectivity index (χ2v) is 4.37. The lowest BCUT2D eigenvalue weighted by Crippen LogP contribution is -2.45. The van der Waals surface area contributed by atoms with E-state index in [0.717, 1.165) is 12.1 Å². The average molecular weight is 278 g/mol. The SMILES string of the molecule is CCC(CO)(CO)Nc1ccc(N)c(C(F)(F)F)c1. The molecule has 108 valence electrons. The second kappa shape index (κ2) is 5.66. The van der Waals surface area contributed by atoms with Crippen molar-refractivity contribution >= 4 is 11.4 Å². The number of nitrogens with one attached hydrogen (secondary N) is 1. The molecular formula is C12H17F3N2O2. The van der Waals surface area contributed by atoms with Crippen molar-refractivity contribution in [3.63, 3.8) is 0 Å². The van der Waals surface area contributed by atoms with E-state index < -0.39 is 30.5 Å². The lowest BCUT2D eigenvalue weighted by Gasteiger charge is -2.31. The van der Waals surface area contributed by atoms with Crippen LogP contribution in [0.4, 0.5) is 24.5 Å². The first-order chi connectivity index (χ1) is 8.78. The van der Waals surface area contributed by atoms with Crippen LogP contribution in [0.15, 0.2) is 18.2 Å². The predicted molar refractivity (Wildman–Crippen MR) is 66.7 cm³/mol. The fourth-order valence-electron chi connectivity index (χ4n) is 1.63. The van der Waals surface area contributed by atoms with Crippen LogP contribution >= 0.6 is 0 Å². The molecule has 0 saturated heterocycles. The molecule has 1 aromatic rings. The fraction of sp³-hybridized carbons (Fsp3) is 0.500. The minimum atomic E-state index is -4.55. The first-order valence-corrected chi connectivity index (χ1v) is 5.74.